The second kappa shape index (κ2) is 9.05. The van der Waals surface area contributed by atoms with Crippen LogP contribution in [-0.4, -0.2) is 32.8 Å². The van der Waals surface area contributed by atoms with E-state index in [0.29, 0.717) is 0 Å². The first kappa shape index (κ1) is 21.7. The quantitative estimate of drug-likeness (QED) is 0.688. The van der Waals surface area contributed by atoms with Gasteiger partial charge >= 0.3 is 11.8 Å². The molecule has 8 heteroatoms. The number of rotatable bonds is 7. The molecular weight excluding hydrogens is 380 g/mol. The Balaban J connectivity index is 2.25. The maximum Gasteiger partial charge on any atom is 0.309 e. The summed E-state index contributed by atoms with van der Waals surface area (Å²) in [7, 11) is -3.85. The normalized spacial score (nSPS) is 12.8. The van der Waals surface area contributed by atoms with Crippen LogP contribution in [0.5, 0.6) is 0 Å². The van der Waals surface area contributed by atoms with E-state index in [2.05, 4.69) is 10.6 Å². The minimum Gasteiger partial charge on any atom is -0.468 e. The lowest BCUT2D eigenvalue weighted by Crippen LogP contribution is -2.44. The zero-order valence-electron chi connectivity index (χ0n) is 16.4. The van der Waals surface area contributed by atoms with E-state index in [1.54, 1.807) is 44.2 Å². The predicted octanol–water partition coefficient (Wildman–Crippen LogP) is 2.56. The molecule has 152 valence electrons. The maximum absolute atomic E-state index is 13.2. The third-order valence-corrected chi connectivity index (χ3v) is 6.26. The molecule has 2 rings (SSSR count). The number of furan rings is 1. The standard InChI is InChI=1S/C20H26N2O5S/c1-13(2)15-7-9-16(10-8-15)28(25,26)18(17-6-5-11-27-17)12-21-19(23)20(24)22-14(3)4/h5-11,13-14,18H,12H2,1-4H3,(H,21,23)(H,22,24)/t18-/m0/s1. The topological polar surface area (TPSA) is 105 Å². The Morgan fingerprint density at radius 2 is 1.64 bits per heavy atom. The minimum atomic E-state index is -3.85. The zero-order chi connectivity index (χ0) is 20.9. The highest BCUT2D eigenvalue weighted by atomic mass is 32.2. The summed E-state index contributed by atoms with van der Waals surface area (Å²) in [6.07, 6.45) is 1.37. The van der Waals surface area contributed by atoms with Crippen molar-refractivity contribution in [3.8, 4) is 0 Å². The van der Waals surface area contributed by atoms with Gasteiger partial charge in [0.15, 0.2) is 9.84 Å². The number of hydrogen-bond donors (Lipinski definition) is 2. The molecule has 1 heterocycles. The van der Waals surface area contributed by atoms with Gasteiger partial charge in [-0.1, -0.05) is 26.0 Å². The lowest BCUT2D eigenvalue weighted by atomic mass is 10.0. The predicted molar refractivity (Wildman–Crippen MR) is 105 cm³/mol. The lowest BCUT2D eigenvalue weighted by Gasteiger charge is -2.17. The molecule has 2 amide bonds. The van der Waals surface area contributed by atoms with Crippen LogP contribution >= 0.6 is 0 Å². The Hall–Kier alpha value is -2.61. The molecule has 1 atom stereocenters. The van der Waals surface area contributed by atoms with Crippen molar-refractivity contribution in [3.05, 3.63) is 54.0 Å². The van der Waals surface area contributed by atoms with Gasteiger partial charge in [-0.25, -0.2) is 8.42 Å². The average Bonchev–Trinajstić information content (AvgIpc) is 3.15. The SMILES string of the molecule is CC(C)NC(=O)C(=O)NC[C@@H](c1ccco1)S(=O)(=O)c1ccc(C(C)C)cc1. The van der Waals surface area contributed by atoms with Crippen molar-refractivity contribution in [2.45, 2.75) is 49.8 Å². The fourth-order valence-corrected chi connectivity index (χ4v) is 4.22. The summed E-state index contributed by atoms with van der Waals surface area (Å²) in [6.45, 7) is 7.20. The second-order valence-corrected chi connectivity index (χ2v) is 9.24. The van der Waals surface area contributed by atoms with Crippen molar-refractivity contribution in [2.75, 3.05) is 6.54 Å². The fraction of sp³-hybridized carbons (Fsp3) is 0.400. The van der Waals surface area contributed by atoms with Crippen LogP contribution in [0, 0.1) is 0 Å². The van der Waals surface area contributed by atoms with Crippen LogP contribution in [0.2, 0.25) is 0 Å². The van der Waals surface area contributed by atoms with E-state index in [-0.39, 0.29) is 29.2 Å². The number of benzene rings is 1. The molecule has 2 N–H and O–H groups in total. The van der Waals surface area contributed by atoms with Crippen molar-refractivity contribution in [1.29, 1.82) is 0 Å². The zero-order valence-corrected chi connectivity index (χ0v) is 17.2. The molecular formula is C20H26N2O5S. The van der Waals surface area contributed by atoms with Gasteiger partial charge in [0, 0.05) is 12.6 Å². The van der Waals surface area contributed by atoms with Gasteiger partial charge in [-0.2, -0.15) is 0 Å². The van der Waals surface area contributed by atoms with Crippen LogP contribution in [0.1, 0.15) is 50.2 Å². The van der Waals surface area contributed by atoms with Crippen LogP contribution < -0.4 is 10.6 Å². The molecule has 0 radical (unpaired) electrons. The lowest BCUT2D eigenvalue weighted by molar-refractivity contribution is -0.139. The first-order valence-electron chi connectivity index (χ1n) is 9.09. The number of carbonyl (C=O) groups excluding carboxylic acids is 2. The number of carbonyl (C=O) groups is 2. The number of sulfone groups is 1. The van der Waals surface area contributed by atoms with Crippen molar-refractivity contribution in [1.82, 2.24) is 10.6 Å². The molecule has 0 spiro atoms. The average molecular weight is 407 g/mol. The molecule has 0 aliphatic heterocycles. The van der Waals surface area contributed by atoms with Crippen molar-refractivity contribution < 1.29 is 22.4 Å². The molecule has 0 saturated heterocycles. The van der Waals surface area contributed by atoms with Gasteiger partial charge in [-0.15, -0.1) is 0 Å². The molecule has 2 aromatic rings. The highest BCUT2D eigenvalue weighted by Gasteiger charge is 2.32. The third kappa shape index (κ3) is 5.22. The summed E-state index contributed by atoms with van der Waals surface area (Å²) in [6, 6.07) is 9.54. The summed E-state index contributed by atoms with van der Waals surface area (Å²) in [5, 5.41) is 3.71. The summed E-state index contributed by atoms with van der Waals surface area (Å²) in [4.78, 5) is 23.9. The first-order chi connectivity index (χ1) is 13.1. The summed E-state index contributed by atoms with van der Waals surface area (Å²) >= 11 is 0. The van der Waals surface area contributed by atoms with Crippen LogP contribution in [0.15, 0.2) is 52.0 Å². The van der Waals surface area contributed by atoms with Gasteiger partial charge in [0.25, 0.3) is 0 Å². The van der Waals surface area contributed by atoms with Gasteiger partial charge in [0.2, 0.25) is 0 Å². The molecule has 0 aliphatic carbocycles. The van der Waals surface area contributed by atoms with E-state index in [4.69, 9.17) is 4.42 Å². The van der Waals surface area contributed by atoms with Crippen molar-refractivity contribution in [3.63, 3.8) is 0 Å². The van der Waals surface area contributed by atoms with E-state index in [1.165, 1.54) is 12.3 Å². The summed E-state index contributed by atoms with van der Waals surface area (Å²) in [5.41, 5.74) is 1.02. The summed E-state index contributed by atoms with van der Waals surface area (Å²) < 4.78 is 31.6. The molecule has 0 bridgehead atoms. The van der Waals surface area contributed by atoms with Gasteiger partial charge < -0.3 is 15.1 Å². The monoisotopic (exact) mass is 406 g/mol. The molecule has 0 fully saturated rings. The highest BCUT2D eigenvalue weighted by molar-refractivity contribution is 7.91. The third-order valence-electron chi connectivity index (χ3n) is 4.18. The smallest absolute Gasteiger partial charge is 0.309 e. The number of amides is 2. The van der Waals surface area contributed by atoms with E-state index >= 15 is 0 Å². The fourth-order valence-electron chi connectivity index (χ4n) is 2.64. The van der Waals surface area contributed by atoms with E-state index < -0.39 is 26.9 Å². The molecule has 1 aromatic heterocycles. The van der Waals surface area contributed by atoms with E-state index in [9.17, 15) is 18.0 Å². The van der Waals surface area contributed by atoms with Crippen LogP contribution in [0.25, 0.3) is 0 Å². The van der Waals surface area contributed by atoms with Crippen molar-refractivity contribution >= 4 is 21.7 Å². The van der Waals surface area contributed by atoms with E-state index in [0.717, 1.165) is 5.56 Å². The van der Waals surface area contributed by atoms with E-state index in [1.807, 2.05) is 13.8 Å². The Morgan fingerprint density at radius 1 is 1.00 bits per heavy atom. The maximum atomic E-state index is 13.2. The molecule has 1 aromatic carbocycles. The van der Waals surface area contributed by atoms with Crippen molar-refractivity contribution in [2.24, 2.45) is 0 Å². The molecule has 0 saturated carbocycles. The molecule has 0 unspecified atom stereocenters. The summed E-state index contributed by atoms with van der Waals surface area (Å²) in [5.74, 6) is -1.24. The van der Waals surface area contributed by atoms with Crippen LogP contribution in [-0.2, 0) is 19.4 Å². The number of nitrogens with one attached hydrogen (secondary N) is 2. The van der Waals surface area contributed by atoms with Crippen LogP contribution in [0.4, 0.5) is 0 Å². The van der Waals surface area contributed by atoms with Gasteiger partial charge in [-0.3, -0.25) is 9.59 Å². The van der Waals surface area contributed by atoms with Gasteiger partial charge in [0.1, 0.15) is 11.0 Å². The Labute approximate surface area is 165 Å². The minimum absolute atomic E-state index is 0.124. The first-order valence-corrected chi connectivity index (χ1v) is 10.6. The molecule has 0 aliphatic rings. The largest absolute Gasteiger partial charge is 0.468 e. The van der Waals surface area contributed by atoms with Gasteiger partial charge in [0.05, 0.1) is 11.2 Å². The second-order valence-electron chi connectivity index (χ2n) is 7.11. The number of hydrogen-bond acceptors (Lipinski definition) is 5. The van der Waals surface area contributed by atoms with Crippen LogP contribution in [0.3, 0.4) is 0 Å². The Bertz CT molecular complexity index is 901. The highest BCUT2D eigenvalue weighted by Crippen LogP contribution is 2.29. The molecule has 28 heavy (non-hydrogen) atoms. The Kier molecular flexibility index (Phi) is 7.01. The van der Waals surface area contributed by atoms with Gasteiger partial charge in [-0.05, 0) is 49.6 Å². The Morgan fingerprint density at radius 3 is 2.14 bits per heavy atom. The molecule has 7 nitrogen and oxygen atoms in total.